The van der Waals surface area contributed by atoms with E-state index in [9.17, 15) is 8.78 Å². The fourth-order valence-electron chi connectivity index (χ4n) is 2.28. The van der Waals surface area contributed by atoms with Crippen molar-refractivity contribution >= 4 is 15.9 Å². The summed E-state index contributed by atoms with van der Waals surface area (Å²) in [7, 11) is 1.82. The van der Waals surface area contributed by atoms with Crippen molar-refractivity contribution in [3.63, 3.8) is 0 Å². The summed E-state index contributed by atoms with van der Waals surface area (Å²) in [6, 6.07) is 9.84. The minimum absolute atomic E-state index is 0.0671. The summed E-state index contributed by atoms with van der Waals surface area (Å²) < 4.78 is 27.5. The maximum absolute atomic E-state index is 13.5. The van der Waals surface area contributed by atoms with Crippen LogP contribution < -0.4 is 5.32 Å². The third-order valence-corrected chi connectivity index (χ3v) is 4.16. The van der Waals surface area contributed by atoms with Crippen LogP contribution in [0.4, 0.5) is 8.78 Å². The second kappa shape index (κ2) is 6.46. The Hall–Kier alpha value is -1.26. The van der Waals surface area contributed by atoms with Gasteiger partial charge in [0.2, 0.25) is 0 Å². The van der Waals surface area contributed by atoms with E-state index < -0.39 is 0 Å². The molecule has 0 saturated heterocycles. The quantitative estimate of drug-likeness (QED) is 0.862. The molecule has 106 valence electrons. The maximum atomic E-state index is 13.5. The molecule has 0 aromatic heterocycles. The van der Waals surface area contributed by atoms with Gasteiger partial charge in [0.05, 0.1) is 4.47 Å². The van der Waals surface area contributed by atoms with Crippen LogP contribution in [-0.4, -0.2) is 7.05 Å². The zero-order chi connectivity index (χ0) is 14.7. The van der Waals surface area contributed by atoms with Gasteiger partial charge in [0.15, 0.2) is 0 Å². The summed E-state index contributed by atoms with van der Waals surface area (Å²) >= 11 is 3.26. The number of hydrogen-bond acceptors (Lipinski definition) is 1. The summed E-state index contributed by atoms with van der Waals surface area (Å²) in [4.78, 5) is 0. The molecule has 2 aromatic carbocycles. The van der Waals surface area contributed by atoms with Crippen molar-refractivity contribution in [2.75, 3.05) is 7.05 Å². The number of benzene rings is 2. The Bertz CT molecular complexity index is 593. The summed E-state index contributed by atoms with van der Waals surface area (Å²) in [5.74, 6) is -0.536. The first kappa shape index (κ1) is 15.1. The van der Waals surface area contributed by atoms with Crippen molar-refractivity contribution in [2.24, 2.45) is 0 Å². The molecule has 1 unspecified atom stereocenters. The maximum Gasteiger partial charge on any atom is 0.137 e. The number of halogens is 3. The first-order valence-corrected chi connectivity index (χ1v) is 7.18. The molecule has 1 atom stereocenters. The molecule has 0 aliphatic carbocycles. The molecule has 0 amide bonds. The summed E-state index contributed by atoms with van der Waals surface area (Å²) in [6.45, 7) is 1.86. The largest absolute Gasteiger partial charge is 0.313 e. The van der Waals surface area contributed by atoms with Gasteiger partial charge < -0.3 is 5.32 Å². The number of hydrogen-bond donors (Lipinski definition) is 1. The van der Waals surface area contributed by atoms with Crippen LogP contribution in [0.2, 0.25) is 0 Å². The second-order valence-corrected chi connectivity index (χ2v) is 5.61. The lowest BCUT2D eigenvalue weighted by atomic mass is 9.97. The Kier molecular flexibility index (Phi) is 4.89. The molecule has 0 heterocycles. The molecule has 0 bridgehead atoms. The second-order valence-electron chi connectivity index (χ2n) is 4.82. The average Bonchev–Trinajstić information content (AvgIpc) is 2.39. The molecule has 0 saturated carbocycles. The van der Waals surface area contributed by atoms with E-state index in [1.807, 2.05) is 26.1 Å². The molecular formula is C16H16BrF2N. The molecule has 0 aliphatic heterocycles. The lowest BCUT2D eigenvalue weighted by Gasteiger charge is -2.18. The van der Waals surface area contributed by atoms with E-state index in [0.717, 1.165) is 16.7 Å². The van der Waals surface area contributed by atoms with Gasteiger partial charge in [-0.1, -0.05) is 18.2 Å². The predicted octanol–water partition coefficient (Wildman–Crippen LogP) is 4.54. The SMILES string of the molecule is CNC(Cc1cccc(F)c1Br)c1cc(C)cc(F)c1. The summed E-state index contributed by atoms with van der Waals surface area (Å²) in [5, 5.41) is 3.16. The van der Waals surface area contributed by atoms with Gasteiger partial charge in [0, 0.05) is 6.04 Å². The van der Waals surface area contributed by atoms with Crippen molar-refractivity contribution < 1.29 is 8.78 Å². The van der Waals surface area contributed by atoms with Gasteiger partial charge in [-0.3, -0.25) is 0 Å². The van der Waals surface area contributed by atoms with Crippen molar-refractivity contribution in [1.82, 2.24) is 5.32 Å². The highest BCUT2D eigenvalue weighted by Crippen LogP contribution is 2.26. The van der Waals surface area contributed by atoms with Crippen LogP contribution in [0.1, 0.15) is 22.7 Å². The van der Waals surface area contributed by atoms with E-state index in [0.29, 0.717) is 10.9 Å². The van der Waals surface area contributed by atoms with E-state index in [4.69, 9.17) is 0 Å². The van der Waals surface area contributed by atoms with Crippen LogP contribution in [0.5, 0.6) is 0 Å². The summed E-state index contributed by atoms with van der Waals surface area (Å²) in [5.41, 5.74) is 2.59. The molecule has 0 aliphatic rings. The van der Waals surface area contributed by atoms with Crippen LogP contribution in [0.15, 0.2) is 40.9 Å². The average molecular weight is 340 g/mol. The highest BCUT2D eigenvalue weighted by molar-refractivity contribution is 9.10. The zero-order valence-corrected chi connectivity index (χ0v) is 13.0. The molecule has 2 rings (SSSR count). The smallest absolute Gasteiger partial charge is 0.137 e. The van der Waals surface area contributed by atoms with Crippen molar-refractivity contribution in [2.45, 2.75) is 19.4 Å². The molecule has 2 aromatic rings. The number of rotatable bonds is 4. The van der Waals surface area contributed by atoms with Crippen molar-refractivity contribution in [3.05, 3.63) is 69.2 Å². The van der Waals surface area contributed by atoms with Gasteiger partial charge in [-0.2, -0.15) is 0 Å². The molecule has 0 spiro atoms. The molecule has 0 fully saturated rings. The lowest BCUT2D eigenvalue weighted by molar-refractivity contribution is 0.569. The predicted molar refractivity (Wildman–Crippen MR) is 80.7 cm³/mol. The monoisotopic (exact) mass is 339 g/mol. The standard InChI is InChI=1S/C16H16BrF2N/c1-10-6-12(8-13(18)7-10)15(20-2)9-11-4-3-5-14(19)16(11)17/h3-8,15,20H,9H2,1-2H3. The fraction of sp³-hybridized carbons (Fsp3) is 0.250. The molecule has 1 nitrogen and oxygen atoms in total. The van der Waals surface area contributed by atoms with E-state index in [-0.39, 0.29) is 17.7 Å². The van der Waals surface area contributed by atoms with E-state index in [2.05, 4.69) is 21.2 Å². The minimum Gasteiger partial charge on any atom is -0.313 e. The van der Waals surface area contributed by atoms with Gasteiger partial charge in [-0.15, -0.1) is 0 Å². The van der Waals surface area contributed by atoms with E-state index in [1.165, 1.54) is 18.2 Å². The molecule has 4 heteroatoms. The van der Waals surface area contributed by atoms with Crippen LogP contribution in [-0.2, 0) is 6.42 Å². The minimum atomic E-state index is -0.284. The van der Waals surface area contributed by atoms with Crippen LogP contribution in [0.25, 0.3) is 0 Å². The highest BCUT2D eigenvalue weighted by Gasteiger charge is 2.14. The van der Waals surface area contributed by atoms with Crippen LogP contribution in [0.3, 0.4) is 0 Å². The van der Waals surface area contributed by atoms with Gasteiger partial charge in [-0.05, 0) is 71.2 Å². The Balaban J connectivity index is 2.31. The van der Waals surface area contributed by atoms with Crippen molar-refractivity contribution in [1.29, 1.82) is 0 Å². The Morgan fingerprint density at radius 1 is 1.20 bits per heavy atom. The van der Waals surface area contributed by atoms with Gasteiger partial charge in [0.25, 0.3) is 0 Å². The third-order valence-electron chi connectivity index (χ3n) is 3.27. The van der Waals surface area contributed by atoms with E-state index in [1.54, 1.807) is 6.07 Å². The Labute approximate surface area is 126 Å². The number of nitrogens with one attached hydrogen (secondary N) is 1. The zero-order valence-electron chi connectivity index (χ0n) is 11.4. The number of likely N-dealkylation sites (N-methyl/N-ethyl adjacent to an activating group) is 1. The van der Waals surface area contributed by atoms with Crippen molar-refractivity contribution in [3.8, 4) is 0 Å². The van der Waals surface area contributed by atoms with Gasteiger partial charge >= 0.3 is 0 Å². The number of aryl methyl sites for hydroxylation is 1. The molecular weight excluding hydrogens is 324 g/mol. The van der Waals surface area contributed by atoms with E-state index >= 15 is 0 Å². The normalized spacial score (nSPS) is 12.4. The lowest BCUT2D eigenvalue weighted by Crippen LogP contribution is -2.19. The van der Waals surface area contributed by atoms with Gasteiger partial charge in [-0.25, -0.2) is 8.78 Å². The Morgan fingerprint density at radius 3 is 2.60 bits per heavy atom. The van der Waals surface area contributed by atoms with Gasteiger partial charge in [0.1, 0.15) is 11.6 Å². The topological polar surface area (TPSA) is 12.0 Å². The van der Waals surface area contributed by atoms with Crippen LogP contribution in [0, 0.1) is 18.6 Å². The fourth-order valence-corrected chi connectivity index (χ4v) is 2.70. The third kappa shape index (κ3) is 3.44. The molecule has 1 N–H and O–H groups in total. The highest BCUT2D eigenvalue weighted by atomic mass is 79.9. The summed E-state index contributed by atoms with van der Waals surface area (Å²) in [6.07, 6.45) is 0.581. The van der Waals surface area contributed by atoms with Crippen LogP contribution >= 0.6 is 15.9 Å². The molecule has 20 heavy (non-hydrogen) atoms. The molecule has 0 radical (unpaired) electrons. The Morgan fingerprint density at radius 2 is 1.95 bits per heavy atom. The first-order valence-electron chi connectivity index (χ1n) is 6.38. The first-order chi connectivity index (χ1) is 9.51.